The van der Waals surface area contributed by atoms with Crippen LogP contribution in [-0.4, -0.2) is 42.0 Å². The average molecular weight is 297 g/mol. The predicted octanol–water partition coefficient (Wildman–Crippen LogP) is 3.06. The summed E-state index contributed by atoms with van der Waals surface area (Å²) < 4.78 is 0. The maximum Gasteiger partial charge on any atom is 0.0540 e. The molecule has 106 valence electrons. The fraction of sp³-hybridized carbons (Fsp3) is 0.600. The highest BCUT2D eigenvalue weighted by Crippen LogP contribution is 2.20. The fourth-order valence-corrected chi connectivity index (χ4v) is 3.59. The zero-order valence-electron chi connectivity index (χ0n) is 11.8. The minimum absolute atomic E-state index is 0.144. The smallest absolute Gasteiger partial charge is 0.0540 e. The Balaban J connectivity index is 2.25. The van der Waals surface area contributed by atoms with Crippen molar-refractivity contribution in [3.8, 4) is 11.8 Å². The first-order valence-electron chi connectivity index (χ1n) is 6.77. The maximum atomic E-state index is 8.67. The van der Waals surface area contributed by atoms with Crippen molar-refractivity contribution < 1.29 is 5.11 Å². The predicted molar refractivity (Wildman–Crippen MR) is 86.8 cm³/mol. The van der Waals surface area contributed by atoms with Crippen LogP contribution < -0.4 is 0 Å². The third kappa shape index (κ3) is 7.03. The van der Waals surface area contributed by atoms with Gasteiger partial charge in [0.2, 0.25) is 0 Å². The lowest BCUT2D eigenvalue weighted by Gasteiger charge is -2.17. The van der Waals surface area contributed by atoms with Crippen molar-refractivity contribution in [1.82, 2.24) is 4.90 Å². The molecule has 0 spiro atoms. The summed E-state index contributed by atoms with van der Waals surface area (Å²) in [5, 5.41) is 10.8. The molecule has 0 aliphatic heterocycles. The van der Waals surface area contributed by atoms with E-state index in [1.807, 2.05) is 11.8 Å². The summed E-state index contributed by atoms with van der Waals surface area (Å²) in [4.78, 5) is 3.84. The number of nitrogens with zero attached hydrogens (tertiary/aromatic N) is 1. The Bertz CT molecular complexity index is 402. The maximum absolute atomic E-state index is 8.67. The van der Waals surface area contributed by atoms with E-state index in [2.05, 4.69) is 42.0 Å². The molecule has 1 N–H and O–H groups in total. The van der Waals surface area contributed by atoms with Gasteiger partial charge < -0.3 is 10.0 Å². The molecule has 19 heavy (non-hydrogen) atoms. The number of thioether (sulfide) groups is 1. The second kappa shape index (κ2) is 10.3. The van der Waals surface area contributed by atoms with Crippen LogP contribution in [0.4, 0.5) is 0 Å². The van der Waals surface area contributed by atoms with E-state index in [4.69, 9.17) is 5.11 Å². The van der Waals surface area contributed by atoms with Crippen molar-refractivity contribution in [3.05, 3.63) is 21.9 Å². The monoisotopic (exact) mass is 297 g/mol. The Labute approximate surface area is 125 Å². The third-order valence-corrected chi connectivity index (χ3v) is 4.92. The van der Waals surface area contributed by atoms with Gasteiger partial charge in [-0.1, -0.05) is 25.7 Å². The van der Waals surface area contributed by atoms with Gasteiger partial charge in [0.05, 0.1) is 6.61 Å². The molecule has 0 saturated heterocycles. The molecule has 2 nitrogen and oxygen atoms in total. The number of hydrogen-bond acceptors (Lipinski definition) is 4. The van der Waals surface area contributed by atoms with E-state index in [1.54, 1.807) is 11.3 Å². The average Bonchev–Trinajstić information content (AvgIpc) is 2.87. The van der Waals surface area contributed by atoms with E-state index in [1.165, 1.54) is 17.2 Å². The van der Waals surface area contributed by atoms with Gasteiger partial charge >= 0.3 is 0 Å². The van der Waals surface area contributed by atoms with Gasteiger partial charge in [-0.3, -0.25) is 0 Å². The molecule has 0 atom stereocenters. The molecule has 0 radical (unpaired) electrons. The molecular weight excluding hydrogens is 274 g/mol. The summed E-state index contributed by atoms with van der Waals surface area (Å²) in [6, 6.07) is 2.17. The molecule has 0 aliphatic rings. The van der Waals surface area contributed by atoms with Gasteiger partial charge in [-0.25, -0.2) is 0 Å². The lowest BCUT2D eigenvalue weighted by molar-refractivity contribution is 0.305. The van der Waals surface area contributed by atoms with Crippen LogP contribution in [0.25, 0.3) is 0 Å². The highest BCUT2D eigenvalue weighted by molar-refractivity contribution is 7.98. The van der Waals surface area contributed by atoms with Crippen LogP contribution in [0.1, 0.15) is 30.7 Å². The lowest BCUT2D eigenvalue weighted by atomic mass is 10.3. The van der Waals surface area contributed by atoms with Crippen LogP contribution in [0.3, 0.4) is 0 Å². The number of rotatable bonds is 8. The molecule has 1 aromatic heterocycles. The van der Waals surface area contributed by atoms with E-state index in [9.17, 15) is 0 Å². The summed E-state index contributed by atoms with van der Waals surface area (Å²) >= 11 is 3.77. The summed E-state index contributed by atoms with van der Waals surface area (Å²) in [7, 11) is 0. The fourth-order valence-electron chi connectivity index (χ4n) is 1.65. The van der Waals surface area contributed by atoms with Crippen molar-refractivity contribution in [1.29, 1.82) is 0 Å². The second-order valence-electron chi connectivity index (χ2n) is 4.16. The Morgan fingerprint density at radius 3 is 2.84 bits per heavy atom. The minimum Gasteiger partial charge on any atom is -0.395 e. The van der Waals surface area contributed by atoms with E-state index in [0.29, 0.717) is 6.42 Å². The number of aliphatic hydroxyl groups excluding tert-OH is 1. The van der Waals surface area contributed by atoms with Crippen LogP contribution in [0.15, 0.2) is 11.4 Å². The highest BCUT2D eigenvalue weighted by Gasteiger charge is 2.01. The van der Waals surface area contributed by atoms with E-state index >= 15 is 0 Å². The van der Waals surface area contributed by atoms with Crippen molar-refractivity contribution >= 4 is 23.1 Å². The first-order valence-corrected chi connectivity index (χ1v) is 8.80. The van der Waals surface area contributed by atoms with Gasteiger partial charge in [-0.2, -0.15) is 11.8 Å². The molecule has 1 aromatic rings. The Hall–Kier alpha value is -0.470. The quantitative estimate of drug-likeness (QED) is 0.589. The SMILES string of the molecule is CCN(CC)CCSCc1cc(C#CCCO)cs1. The zero-order valence-corrected chi connectivity index (χ0v) is 13.4. The van der Waals surface area contributed by atoms with Crippen molar-refractivity contribution in [2.24, 2.45) is 0 Å². The normalized spacial score (nSPS) is 10.5. The van der Waals surface area contributed by atoms with Crippen LogP contribution >= 0.6 is 23.1 Å². The Morgan fingerprint density at radius 1 is 1.37 bits per heavy atom. The van der Waals surface area contributed by atoms with Crippen LogP contribution in [0.5, 0.6) is 0 Å². The summed E-state index contributed by atoms with van der Waals surface area (Å²) in [5.74, 6) is 8.29. The summed E-state index contributed by atoms with van der Waals surface area (Å²) in [6.45, 7) is 8.02. The third-order valence-electron chi connectivity index (χ3n) is 2.81. The molecule has 0 aromatic carbocycles. The second-order valence-corrected chi connectivity index (χ2v) is 6.26. The molecule has 1 rings (SSSR count). The number of aliphatic hydroxyl groups is 1. The Morgan fingerprint density at radius 2 is 2.16 bits per heavy atom. The van der Waals surface area contributed by atoms with Gasteiger partial charge in [-0.05, 0) is 19.2 Å². The van der Waals surface area contributed by atoms with Gasteiger partial charge in [0.25, 0.3) is 0 Å². The van der Waals surface area contributed by atoms with Crippen LogP contribution in [0, 0.1) is 11.8 Å². The number of thiophene rings is 1. The lowest BCUT2D eigenvalue weighted by Crippen LogP contribution is -2.25. The molecule has 0 unspecified atom stereocenters. The highest BCUT2D eigenvalue weighted by atomic mass is 32.2. The molecule has 0 amide bonds. The van der Waals surface area contributed by atoms with Crippen LogP contribution in [0.2, 0.25) is 0 Å². The molecule has 0 fully saturated rings. The molecule has 1 heterocycles. The van der Waals surface area contributed by atoms with E-state index in [0.717, 1.165) is 24.4 Å². The molecule has 0 aliphatic carbocycles. The largest absolute Gasteiger partial charge is 0.395 e. The topological polar surface area (TPSA) is 23.5 Å². The zero-order chi connectivity index (χ0) is 13.9. The molecule has 0 saturated carbocycles. The van der Waals surface area contributed by atoms with E-state index < -0.39 is 0 Å². The van der Waals surface area contributed by atoms with Crippen molar-refractivity contribution in [2.45, 2.75) is 26.0 Å². The number of hydrogen-bond donors (Lipinski definition) is 1. The van der Waals surface area contributed by atoms with Gasteiger partial charge in [-0.15, -0.1) is 11.3 Å². The van der Waals surface area contributed by atoms with Crippen molar-refractivity contribution in [3.63, 3.8) is 0 Å². The standard InChI is InChI=1S/C15H23NOS2/c1-3-16(4-2)8-10-18-13-15-11-14(12-19-15)7-5-6-9-17/h11-12,17H,3-4,6,8-10,13H2,1-2H3. The van der Waals surface area contributed by atoms with Crippen molar-refractivity contribution in [2.75, 3.05) is 32.0 Å². The van der Waals surface area contributed by atoms with E-state index in [-0.39, 0.29) is 6.61 Å². The first kappa shape index (κ1) is 16.6. The van der Waals surface area contributed by atoms with Crippen LogP contribution in [-0.2, 0) is 5.75 Å². The molecule has 0 bridgehead atoms. The van der Waals surface area contributed by atoms with Gasteiger partial charge in [0.15, 0.2) is 0 Å². The van der Waals surface area contributed by atoms with Gasteiger partial charge in [0, 0.05) is 40.3 Å². The minimum atomic E-state index is 0.144. The summed E-state index contributed by atoms with van der Waals surface area (Å²) in [6.07, 6.45) is 0.559. The molecular formula is C15H23NOS2. The molecule has 4 heteroatoms. The Kier molecular flexibility index (Phi) is 9.02. The summed E-state index contributed by atoms with van der Waals surface area (Å²) in [5.41, 5.74) is 1.08. The first-order chi connectivity index (χ1) is 9.30. The van der Waals surface area contributed by atoms with Gasteiger partial charge in [0.1, 0.15) is 0 Å².